The normalized spacial score (nSPS) is 11.3. The number of benzene rings is 2. The molecule has 0 bridgehead atoms. The van der Waals surface area contributed by atoms with Crippen molar-refractivity contribution in [3.8, 4) is 11.1 Å². The first-order valence-corrected chi connectivity index (χ1v) is 9.04. The Balaban J connectivity index is 1.45. The van der Waals surface area contributed by atoms with E-state index in [9.17, 15) is 4.79 Å². The number of carbonyl (C=O) groups excluding carboxylic acids is 1. The average Bonchev–Trinajstić information content (AvgIpc) is 3.35. The van der Waals surface area contributed by atoms with Crippen molar-refractivity contribution in [2.45, 2.75) is 6.42 Å². The number of furan rings is 1. The van der Waals surface area contributed by atoms with Crippen molar-refractivity contribution in [2.24, 2.45) is 7.05 Å². The summed E-state index contributed by atoms with van der Waals surface area (Å²) in [6, 6.07) is 15.6. The van der Waals surface area contributed by atoms with Crippen LogP contribution in [0.25, 0.3) is 32.9 Å². The first-order valence-electron chi connectivity index (χ1n) is 9.04. The molecule has 28 heavy (non-hydrogen) atoms. The topological polar surface area (TPSA) is 60.9 Å². The van der Waals surface area contributed by atoms with E-state index in [1.807, 2.05) is 56.0 Å². The lowest BCUT2D eigenvalue weighted by Gasteiger charge is -2.05. The maximum Gasteiger partial charge on any atom is 0.168 e. The highest BCUT2D eigenvalue weighted by atomic mass is 16.3. The zero-order valence-electron chi connectivity index (χ0n) is 15.3. The second-order valence-corrected chi connectivity index (χ2v) is 6.91. The highest BCUT2D eigenvalue weighted by Gasteiger charge is 2.11. The summed E-state index contributed by atoms with van der Waals surface area (Å²) in [5.74, 6) is 0.0218. The van der Waals surface area contributed by atoms with Gasteiger partial charge in [0.15, 0.2) is 5.78 Å². The van der Waals surface area contributed by atoms with E-state index in [-0.39, 0.29) is 12.2 Å². The zero-order chi connectivity index (χ0) is 19.1. The second kappa shape index (κ2) is 6.46. The van der Waals surface area contributed by atoms with Crippen LogP contribution >= 0.6 is 0 Å². The molecule has 0 radical (unpaired) electrons. The number of Topliss-reactive ketones (excluding diaryl/α,β-unsaturated/α-hetero) is 1. The number of nitrogens with zero attached hydrogens (tertiary/aromatic N) is 3. The molecule has 5 aromatic rings. The van der Waals surface area contributed by atoms with E-state index in [0.717, 1.165) is 38.6 Å². The molecule has 0 saturated heterocycles. The Hall–Kier alpha value is -3.73. The van der Waals surface area contributed by atoms with E-state index >= 15 is 0 Å². The molecule has 0 aliphatic rings. The van der Waals surface area contributed by atoms with Crippen molar-refractivity contribution in [3.05, 3.63) is 84.6 Å². The van der Waals surface area contributed by atoms with Gasteiger partial charge < -0.3 is 4.42 Å². The molecule has 2 aromatic carbocycles. The van der Waals surface area contributed by atoms with Gasteiger partial charge in [0.2, 0.25) is 0 Å². The molecular weight excluding hydrogens is 350 g/mol. The number of hydrogen-bond acceptors (Lipinski definition) is 4. The Morgan fingerprint density at radius 1 is 0.964 bits per heavy atom. The zero-order valence-corrected chi connectivity index (χ0v) is 15.3. The van der Waals surface area contributed by atoms with E-state index in [0.29, 0.717) is 5.56 Å². The quantitative estimate of drug-likeness (QED) is 0.428. The molecule has 0 aliphatic heterocycles. The van der Waals surface area contributed by atoms with Crippen molar-refractivity contribution in [3.63, 3.8) is 0 Å². The van der Waals surface area contributed by atoms with Gasteiger partial charge in [-0.15, -0.1) is 0 Å². The minimum atomic E-state index is 0.0218. The molecule has 5 heteroatoms. The Morgan fingerprint density at radius 2 is 1.86 bits per heavy atom. The van der Waals surface area contributed by atoms with E-state index < -0.39 is 0 Å². The summed E-state index contributed by atoms with van der Waals surface area (Å²) in [4.78, 5) is 17.2. The third-order valence-corrected chi connectivity index (χ3v) is 4.94. The first kappa shape index (κ1) is 16.4. The van der Waals surface area contributed by atoms with Crippen LogP contribution in [0.3, 0.4) is 0 Å². The standard InChI is InChI=1S/C23H17N3O2/c1-26-14-20(13-25-26)16-3-5-18-12-24-21(9-19(18)8-16)11-22(27)17-4-2-15-6-7-28-23(15)10-17/h2-10,12-14H,11H2,1H3. The number of fused-ring (bicyclic) bond motifs is 2. The van der Waals surface area contributed by atoms with Crippen molar-refractivity contribution >= 4 is 27.5 Å². The Bertz CT molecular complexity index is 1330. The van der Waals surface area contributed by atoms with Crippen LogP contribution in [0.4, 0.5) is 0 Å². The lowest BCUT2D eigenvalue weighted by molar-refractivity contribution is 0.0992. The molecule has 0 amide bonds. The maximum absolute atomic E-state index is 12.7. The number of aromatic nitrogens is 3. The van der Waals surface area contributed by atoms with Crippen LogP contribution in [0.15, 0.2) is 77.8 Å². The van der Waals surface area contributed by atoms with Gasteiger partial charge >= 0.3 is 0 Å². The van der Waals surface area contributed by atoms with Gasteiger partial charge in [0.25, 0.3) is 0 Å². The predicted octanol–water partition coefficient (Wildman–Crippen LogP) is 4.81. The molecule has 5 nitrogen and oxygen atoms in total. The number of ketones is 1. The molecule has 0 unspecified atom stereocenters. The van der Waals surface area contributed by atoms with Gasteiger partial charge in [-0.2, -0.15) is 5.10 Å². The first-order chi connectivity index (χ1) is 13.7. The van der Waals surface area contributed by atoms with Crippen LogP contribution in [0.5, 0.6) is 0 Å². The van der Waals surface area contributed by atoms with Crippen molar-refractivity contribution < 1.29 is 9.21 Å². The van der Waals surface area contributed by atoms with Crippen LogP contribution in [0.2, 0.25) is 0 Å². The van der Waals surface area contributed by atoms with Gasteiger partial charge in [-0.3, -0.25) is 14.5 Å². The maximum atomic E-state index is 12.7. The van der Waals surface area contributed by atoms with Gasteiger partial charge in [-0.05, 0) is 35.2 Å². The van der Waals surface area contributed by atoms with Gasteiger partial charge in [-0.1, -0.05) is 24.3 Å². The number of aryl methyl sites for hydroxylation is 1. The summed E-state index contributed by atoms with van der Waals surface area (Å²) in [5.41, 5.74) is 4.25. The highest BCUT2D eigenvalue weighted by Crippen LogP contribution is 2.25. The van der Waals surface area contributed by atoms with Crippen LogP contribution in [-0.2, 0) is 13.5 Å². The minimum absolute atomic E-state index is 0.0218. The second-order valence-electron chi connectivity index (χ2n) is 6.91. The van der Waals surface area contributed by atoms with Crippen molar-refractivity contribution in [1.82, 2.24) is 14.8 Å². The Labute approximate surface area is 161 Å². The molecule has 0 aliphatic carbocycles. The van der Waals surface area contributed by atoms with Gasteiger partial charge in [0.1, 0.15) is 5.58 Å². The predicted molar refractivity (Wildman–Crippen MR) is 108 cm³/mol. The molecule has 5 rings (SSSR count). The monoisotopic (exact) mass is 367 g/mol. The SMILES string of the molecule is Cn1cc(-c2ccc3cnc(CC(=O)c4ccc5ccoc5c4)cc3c2)cn1. The smallest absolute Gasteiger partial charge is 0.168 e. The molecular formula is C23H17N3O2. The molecule has 3 heterocycles. The largest absolute Gasteiger partial charge is 0.464 e. The van der Waals surface area contributed by atoms with Crippen LogP contribution in [-0.4, -0.2) is 20.5 Å². The van der Waals surface area contributed by atoms with Gasteiger partial charge in [0.05, 0.1) is 18.9 Å². The fourth-order valence-corrected chi connectivity index (χ4v) is 3.43. The third-order valence-electron chi connectivity index (χ3n) is 4.94. The van der Waals surface area contributed by atoms with Gasteiger partial charge in [0, 0.05) is 47.0 Å². The molecule has 0 atom stereocenters. The van der Waals surface area contributed by atoms with E-state index in [4.69, 9.17) is 4.42 Å². The number of hydrogen-bond donors (Lipinski definition) is 0. The van der Waals surface area contributed by atoms with E-state index in [1.54, 1.807) is 17.0 Å². The minimum Gasteiger partial charge on any atom is -0.464 e. The summed E-state index contributed by atoms with van der Waals surface area (Å²) < 4.78 is 7.18. The van der Waals surface area contributed by atoms with Crippen molar-refractivity contribution in [2.75, 3.05) is 0 Å². The van der Waals surface area contributed by atoms with Crippen LogP contribution in [0, 0.1) is 0 Å². The molecule has 3 aromatic heterocycles. The molecule has 0 saturated carbocycles. The summed E-state index contributed by atoms with van der Waals surface area (Å²) >= 11 is 0. The molecule has 0 spiro atoms. The lowest BCUT2D eigenvalue weighted by atomic mass is 10.0. The highest BCUT2D eigenvalue weighted by molar-refractivity contribution is 6.00. The fraction of sp³-hybridized carbons (Fsp3) is 0.0870. The van der Waals surface area contributed by atoms with Crippen LogP contribution < -0.4 is 0 Å². The third kappa shape index (κ3) is 2.97. The summed E-state index contributed by atoms with van der Waals surface area (Å²) in [7, 11) is 1.90. The Morgan fingerprint density at radius 3 is 2.71 bits per heavy atom. The average molecular weight is 367 g/mol. The number of pyridine rings is 1. The molecule has 0 N–H and O–H groups in total. The van der Waals surface area contributed by atoms with Gasteiger partial charge in [-0.25, -0.2) is 0 Å². The van der Waals surface area contributed by atoms with E-state index in [2.05, 4.69) is 22.2 Å². The van der Waals surface area contributed by atoms with Crippen LogP contribution in [0.1, 0.15) is 16.1 Å². The molecule has 136 valence electrons. The fourth-order valence-electron chi connectivity index (χ4n) is 3.43. The van der Waals surface area contributed by atoms with Crippen molar-refractivity contribution in [1.29, 1.82) is 0 Å². The summed E-state index contributed by atoms with van der Waals surface area (Å²) in [6.45, 7) is 0. The number of rotatable bonds is 4. The summed E-state index contributed by atoms with van der Waals surface area (Å²) in [5, 5.41) is 7.32. The van der Waals surface area contributed by atoms with E-state index in [1.165, 1.54) is 0 Å². The summed E-state index contributed by atoms with van der Waals surface area (Å²) in [6.07, 6.45) is 7.53. The number of carbonyl (C=O) groups is 1. The molecule has 0 fully saturated rings. The lowest BCUT2D eigenvalue weighted by Crippen LogP contribution is -2.05. The Kier molecular flexibility index (Phi) is 3.79.